The molecule has 8 nitrogen and oxygen atoms in total. The zero-order valence-electron chi connectivity index (χ0n) is 19.4. The Bertz CT molecular complexity index is 933. The molecule has 2 amide bonds. The lowest BCUT2D eigenvalue weighted by Crippen LogP contribution is -2.37. The number of carbonyl (C=O) groups excluding carboxylic acids is 2. The molecule has 0 aliphatic heterocycles. The smallest absolute Gasteiger partial charge is 0.412 e. The van der Waals surface area contributed by atoms with E-state index in [4.69, 9.17) is 4.74 Å². The highest BCUT2D eigenvalue weighted by molar-refractivity contribution is 5.88. The van der Waals surface area contributed by atoms with Gasteiger partial charge in [0.15, 0.2) is 5.96 Å². The highest BCUT2D eigenvalue weighted by Crippen LogP contribution is 2.13. The van der Waals surface area contributed by atoms with Crippen LogP contribution in [0.2, 0.25) is 0 Å². The molecule has 0 bridgehead atoms. The molecular formula is C24H33N5O3. The van der Waals surface area contributed by atoms with Crippen molar-refractivity contribution >= 4 is 29.3 Å². The molecule has 0 aliphatic carbocycles. The van der Waals surface area contributed by atoms with Crippen molar-refractivity contribution in [1.29, 1.82) is 0 Å². The molecule has 0 aromatic heterocycles. The fourth-order valence-electron chi connectivity index (χ4n) is 2.87. The Balaban J connectivity index is 1.77. The zero-order chi connectivity index (χ0) is 23.6. The summed E-state index contributed by atoms with van der Waals surface area (Å²) in [6, 6.07) is 15.3. The predicted octanol–water partition coefficient (Wildman–Crippen LogP) is 3.90. The van der Waals surface area contributed by atoms with Crippen LogP contribution < -0.4 is 21.3 Å². The Labute approximate surface area is 189 Å². The van der Waals surface area contributed by atoms with Crippen LogP contribution in [0, 0.1) is 0 Å². The summed E-state index contributed by atoms with van der Waals surface area (Å²) >= 11 is 0. The van der Waals surface area contributed by atoms with E-state index in [-0.39, 0.29) is 5.91 Å². The maximum Gasteiger partial charge on any atom is 0.412 e. The van der Waals surface area contributed by atoms with Crippen LogP contribution in [-0.2, 0) is 22.5 Å². The highest BCUT2D eigenvalue weighted by Gasteiger charge is 2.16. The van der Waals surface area contributed by atoms with Crippen LogP contribution in [0.1, 0.15) is 38.8 Å². The maximum atomic E-state index is 11.8. The van der Waals surface area contributed by atoms with Crippen LogP contribution >= 0.6 is 0 Å². The molecular weight excluding hydrogens is 406 g/mol. The van der Waals surface area contributed by atoms with E-state index in [1.54, 1.807) is 7.05 Å². The van der Waals surface area contributed by atoms with Gasteiger partial charge in [-0.1, -0.05) is 24.3 Å². The van der Waals surface area contributed by atoms with Crippen LogP contribution in [-0.4, -0.2) is 37.2 Å². The second-order valence-corrected chi connectivity index (χ2v) is 8.31. The second-order valence-electron chi connectivity index (χ2n) is 8.31. The van der Waals surface area contributed by atoms with Gasteiger partial charge in [0.25, 0.3) is 0 Å². The van der Waals surface area contributed by atoms with Gasteiger partial charge in [0.05, 0.1) is 0 Å². The fourth-order valence-corrected chi connectivity index (χ4v) is 2.87. The molecule has 2 aromatic rings. The van der Waals surface area contributed by atoms with E-state index < -0.39 is 11.7 Å². The lowest BCUT2D eigenvalue weighted by Gasteiger charge is -2.19. The van der Waals surface area contributed by atoms with Gasteiger partial charge in [-0.25, -0.2) is 4.79 Å². The Hall–Kier alpha value is -3.55. The van der Waals surface area contributed by atoms with Gasteiger partial charge < -0.3 is 20.7 Å². The minimum Gasteiger partial charge on any atom is -0.444 e. The van der Waals surface area contributed by atoms with Crippen molar-refractivity contribution in [3.05, 3.63) is 59.7 Å². The van der Waals surface area contributed by atoms with Gasteiger partial charge in [-0.3, -0.25) is 15.1 Å². The summed E-state index contributed by atoms with van der Waals surface area (Å²) in [5.41, 5.74) is 3.09. The molecule has 2 aromatic carbocycles. The number of aliphatic imine (C=N–C) groups is 1. The Kier molecular flexibility index (Phi) is 9.07. The van der Waals surface area contributed by atoms with E-state index in [0.29, 0.717) is 24.7 Å². The summed E-state index contributed by atoms with van der Waals surface area (Å²) in [7, 11) is 1.72. The van der Waals surface area contributed by atoms with E-state index in [1.165, 1.54) is 6.92 Å². The lowest BCUT2D eigenvalue weighted by molar-refractivity contribution is -0.114. The van der Waals surface area contributed by atoms with Crippen molar-refractivity contribution in [2.75, 3.05) is 24.2 Å². The van der Waals surface area contributed by atoms with Crippen LogP contribution in [0.5, 0.6) is 0 Å². The normalized spacial score (nSPS) is 11.5. The number of rotatable bonds is 7. The number of nitrogens with zero attached hydrogens (tertiary/aromatic N) is 1. The Morgan fingerprint density at radius 1 is 0.938 bits per heavy atom. The monoisotopic (exact) mass is 439 g/mol. The predicted molar refractivity (Wildman–Crippen MR) is 129 cm³/mol. The molecule has 0 fully saturated rings. The molecule has 0 saturated heterocycles. The molecule has 0 radical (unpaired) electrons. The number of amides is 2. The van der Waals surface area contributed by atoms with E-state index in [1.807, 2.05) is 69.3 Å². The summed E-state index contributed by atoms with van der Waals surface area (Å²) in [6.45, 7) is 8.25. The summed E-state index contributed by atoms with van der Waals surface area (Å²) in [5, 5.41) is 12.1. The van der Waals surface area contributed by atoms with Crippen molar-refractivity contribution in [3.63, 3.8) is 0 Å². The third-order valence-corrected chi connectivity index (χ3v) is 4.24. The number of anilines is 2. The first-order valence-electron chi connectivity index (χ1n) is 10.5. The first-order chi connectivity index (χ1) is 15.1. The van der Waals surface area contributed by atoms with Gasteiger partial charge in [0.1, 0.15) is 5.60 Å². The molecule has 0 saturated carbocycles. The average Bonchev–Trinajstić information content (AvgIpc) is 2.70. The first kappa shape index (κ1) is 24.7. The van der Waals surface area contributed by atoms with E-state index >= 15 is 0 Å². The van der Waals surface area contributed by atoms with Crippen LogP contribution in [0.4, 0.5) is 16.2 Å². The number of nitrogens with one attached hydrogen (secondary N) is 4. The van der Waals surface area contributed by atoms with Crippen molar-refractivity contribution in [2.45, 2.75) is 46.3 Å². The summed E-state index contributed by atoms with van der Waals surface area (Å²) in [4.78, 5) is 27.3. The second kappa shape index (κ2) is 11.7. The molecule has 0 unspecified atom stereocenters. The number of guanidine groups is 1. The molecule has 0 spiro atoms. The van der Waals surface area contributed by atoms with E-state index in [0.717, 1.165) is 23.2 Å². The molecule has 0 aliphatic rings. The van der Waals surface area contributed by atoms with Crippen molar-refractivity contribution < 1.29 is 14.3 Å². The largest absolute Gasteiger partial charge is 0.444 e. The number of hydrogen-bond acceptors (Lipinski definition) is 4. The third kappa shape index (κ3) is 9.51. The molecule has 8 heteroatoms. The SMILES string of the molecule is CN=C(NCCc1ccc(NC(=O)OC(C)(C)C)cc1)NCc1cccc(NC(C)=O)c1. The van der Waals surface area contributed by atoms with Gasteiger partial charge in [0.2, 0.25) is 5.91 Å². The first-order valence-corrected chi connectivity index (χ1v) is 10.5. The van der Waals surface area contributed by atoms with Gasteiger partial charge in [-0.05, 0) is 62.6 Å². The lowest BCUT2D eigenvalue weighted by atomic mass is 10.1. The summed E-state index contributed by atoms with van der Waals surface area (Å²) in [5.74, 6) is 0.597. The maximum absolute atomic E-state index is 11.8. The van der Waals surface area contributed by atoms with Crippen LogP contribution in [0.3, 0.4) is 0 Å². The third-order valence-electron chi connectivity index (χ3n) is 4.24. The summed E-state index contributed by atoms with van der Waals surface area (Å²) < 4.78 is 5.26. The molecule has 0 atom stereocenters. The van der Waals surface area contributed by atoms with Gasteiger partial charge in [-0.15, -0.1) is 0 Å². The fraction of sp³-hybridized carbons (Fsp3) is 0.375. The number of benzene rings is 2. The highest BCUT2D eigenvalue weighted by atomic mass is 16.6. The van der Waals surface area contributed by atoms with Crippen LogP contribution in [0.25, 0.3) is 0 Å². The molecule has 2 rings (SSSR count). The zero-order valence-corrected chi connectivity index (χ0v) is 19.4. The standard InChI is InChI=1S/C24H33N5O3/c1-17(30)28-21-8-6-7-19(15-21)16-27-22(25-5)26-14-13-18-9-11-20(12-10-18)29-23(31)32-24(2,3)4/h6-12,15H,13-14,16H2,1-5H3,(H,28,30)(H,29,31)(H2,25,26,27). The van der Waals surface area contributed by atoms with Gasteiger partial charge in [-0.2, -0.15) is 0 Å². The number of hydrogen-bond donors (Lipinski definition) is 4. The number of carbonyl (C=O) groups is 2. The molecule has 172 valence electrons. The molecule has 32 heavy (non-hydrogen) atoms. The van der Waals surface area contributed by atoms with Crippen molar-refractivity contribution in [3.8, 4) is 0 Å². The Morgan fingerprint density at radius 2 is 1.66 bits per heavy atom. The molecule has 0 heterocycles. The Morgan fingerprint density at radius 3 is 2.28 bits per heavy atom. The topological polar surface area (TPSA) is 104 Å². The van der Waals surface area contributed by atoms with E-state index in [2.05, 4.69) is 26.3 Å². The average molecular weight is 440 g/mol. The number of ether oxygens (including phenoxy) is 1. The van der Waals surface area contributed by atoms with E-state index in [9.17, 15) is 9.59 Å². The minimum absolute atomic E-state index is 0.0961. The molecule has 4 N–H and O–H groups in total. The van der Waals surface area contributed by atoms with Crippen molar-refractivity contribution in [1.82, 2.24) is 10.6 Å². The summed E-state index contributed by atoms with van der Waals surface area (Å²) in [6.07, 6.45) is 0.329. The quantitative estimate of drug-likeness (QED) is 0.387. The minimum atomic E-state index is -0.531. The van der Waals surface area contributed by atoms with Gasteiger partial charge in [0, 0.05) is 38.4 Å². The van der Waals surface area contributed by atoms with Crippen LogP contribution in [0.15, 0.2) is 53.5 Å². The van der Waals surface area contributed by atoms with Gasteiger partial charge >= 0.3 is 6.09 Å². The van der Waals surface area contributed by atoms with Crippen molar-refractivity contribution in [2.24, 2.45) is 4.99 Å².